The number of fused-ring (bicyclic) bond motifs is 1. The number of thioether (sulfide) groups is 1. The van der Waals surface area contributed by atoms with Crippen LogP contribution < -0.4 is 10.1 Å². The number of rotatable bonds is 8. The summed E-state index contributed by atoms with van der Waals surface area (Å²) in [5.41, 5.74) is 3.06. The number of nitrogens with one attached hydrogen (secondary N) is 1. The molecular weight excluding hydrogens is 430 g/mol. The van der Waals surface area contributed by atoms with Crippen LogP contribution in [0.5, 0.6) is 5.75 Å². The van der Waals surface area contributed by atoms with E-state index in [4.69, 9.17) is 16.3 Å². The molecule has 0 spiro atoms. The van der Waals surface area contributed by atoms with E-state index in [2.05, 4.69) is 16.4 Å². The van der Waals surface area contributed by atoms with Crippen LogP contribution in [-0.2, 0) is 4.79 Å². The quantitative estimate of drug-likeness (QED) is 0.438. The van der Waals surface area contributed by atoms with E-state index in [0.29, 0.717) is 11.4 Å². The zero-order chi connectivity index (χ0) is 21.6. The van der Waals surface area contributed by atoms with Gasteiger partial charge in [0.2, 0.25) is 5.91 Å². The van der Waals surface area contributed by atoms with Crippen LogP contribution in [0.3, 0.4) is 0 Å². The third kappa shape index (κ3) is 5.25. The van der Waals surface area contributed by atoms with Crippen LogP contribution in [0.15, 0.2) is 54.7 Å². The summed E-state index contributed by atoms with van der Waals surface area (Å²) in [4.78, 5) is 19.0. The van der Waals surface area contributed by atoms with Gasteiger partial charge in [-0.15, -0.1) is 11.8 Å². The molecule has 1 N–H and O–H groups in total. The number of benzene rings is 2. The summed E-state index contributed by atoms with van der Waals surface area (Å²) < 4.78 is 5.37. The van der Waals surface area contributed by atoms with Gasteiger partial charge in [-0.25, -0.2) is 0 Å². The van der Waals surface area contributed by atoms with Crippen LogP contribution in [0.4, 0.5) is 5.69 Å². The SMILES string of the molecule is COc1cccc(C2SCCC(=O)N2CCCCNc2ccnc3cc(Cl)ccc23)c1. The minimum atomic E-state index is 0.0539. The van der Waals surface area contributed by atoms with Crippen molar-refractivity contribution in [2.24, 2.45) is 0 Å². The molecule has 1 aromatic heterocycles. The molecule has 0 radical (unpaired) electrons. The number of methoxy groups -OCH3 is 1. The molecule has 0 saturated carbocycles. The Labute approximate surface area is 192 Å². The predicted molar refractivity (Wildman–Crippen MR) is 129 cm³/mol. The summed E-state index contributed by atoms with van der Waals surface area (Å²) >= 11 is 7.90. The molecule has 2 aromatic carbocycles. The molecule has 1 fully saturated rings. The highest BCUT2D eigenvalue weighted by atomic mass is 35.5. The molecule has 0 bridgehead atoms. The number of pyridine rings is 1. The average Bonchev–Trinajstić information content (AvgIpc) is 2.79. The number of hydrogen-bond acceptors (Lipinski definition) is 5. The molecule has 1 amide bonds. The lowest BCUT2D eigenvalue weighted by molar-refractivity contribution is -0.132. The first-order valence-corrected chi connectivity index (χ1v) is 11.9. The van der Waals surface area contributed by atoms with Gasteiger partial charge in [0.05, 0.1) is 12.6 Å². The van der Waals surface area contributed by atoms with E-state index in [1.165, 1.54) is 0 Å². The highest BCUT2D eigenvalue weighted by Gasteiger charge is 2.29. The smallest absolute Gasteiger partial charge is 0.224 e. The number of nitrogens with zero attached hydrogens (tertiary/aromatic N) is 2. The van der Waals surface area contributed by atoms with Crippen molar-refractivity contribution in [3.05, 3.63) is 65.3 Å². The zero-order valence-corrected chi connectivity index (χ0v) is 19.1. The summed E-state index contributed by atoms with van der Waals surface area (Å²) in [5, 5.41) is 5.31. The molecule has 1 atom stereocenters. The molecule has 4 rings (SSSR count). The molecule has 162 valence electrons. The number of anilines is 1. The second-order valence-corrected chi connectivity index (χ2v) is 9.12. The molecule has 1 unspecified atom stereocenters. The number of carbonyl (C=O) groups excluding carboxylic acids is 1. The van der Waals surface area contributed by atoms with Crippen molar-refractivity contribution in [3.63, 3.8) is 0 Å². The normalized spacial score (nSPS) is 16.5. The van der Waals surface area contributed by atoms with E-state index >= 15 is 0 Å². The van der Waals surface area contributed by atoms with E-state index < -0.39 is 0 Å². The van der Waals surface area contributed by atoms with Crippen LogP contribution in [0.25, 0.3) is 10.9 Å². The standard InChI is InChI=1S/C24H26ClN3O2S/c1-30-19-6-4-5-17(15-19)24-28(23(29)10-14-31-24)13-3-2-11-26-21-9-12-27-22-16-18(25)7-8-20(21)22/h4-9,12,15-16,24H,2-3,10-11,13-14H2,1H3,(H,26,27). The van der Waals surface area contributed by atoms with Crippen molar-refractivity contribution in [1.29, 1.82) is 0 Å². The highest BCUT2D eigenvalue weighted by Crippen LogP contribution is 2.38. The van der Waals surface area contributed by atoms with Crippen molar-refractivity contribution >= 4 is 45.9 Å². The number of ether oxygens (including phenoxy) is 1. The first-order chi connectivity index (χ1) is 15.2. The Morgan fingerprint density at radius 3 is 3.00 bits per heavy atom. The maximum atomic E-state index is 12.6. The second-order valence-electron chi connectivity index (χ2n) is 7.49. The Bertz CT molecular complexity index is 1060. The molecule has 5 nitrogen and oxygen atoms in total. The predicted octanol–water partition coefficient (Wildman–Crippen LogP) is 5.75. The van der Waals surface area contributed by atoms with Crippen molar-refractivity contribution in [3.8, 4) is 5.75 Å². The van der Waals surface area contributed by atoms with Crippen molar-refractivity contribution in [1.82, 2.24) is 9.88 Å². The van der Waals surface area contributed by atoms with E-state index in [1.54, 1.807) is 13.3 Å². The van der Waals surface area contributed by atoms with Gasteiger partial charge in [0, 0.05) is 47.6 Å². The molecule has 2 heterocycles. The third-order valence-corrected chi connectivity index (χ3v) is 6.94. The minimum absolute atomic E-state index is 0.0539. The van der Waals surface area contributed by atoms with Gasteiger partial charge in [-0.1, -0.05) is 23.7 Å². The van der Waals surface area contributed by atoms with Gasteiger partial charge in [-0.05, 0) is 54.8 Å². The fraction of sp³-hybridized carbons (Fsp3) is 0.333. The third-order valence-electron chi connectivity index (χ3n) is 5.42. The molecule has 1 aliphatic heterocycles. The van der Waals surface area contributed by atoms with Crippen LogP contribution in [-0.4, -0.2) is 41.7 Å². The minimum Gasteiger partial charge on any atom is -0.497 e. The number of aromatic nitrogens is 1. The molecule has 7 heteroatoms. The monoisotopic (exact) mass is 455 g/mol. The van der Waals surface area contributed by atoms with Crippen LogP contribution in [0.2, 0.25) is 5.02 Å². The highest BCUT2D eigenvalue weighted by molar-refractivity contribution is 7.99. The summed E-state index contributed by atoms with van der Waals surface area (Å²) in [7, 11) is 1.67. The summed E-state index contributed by atoms with van der Waals surface area (Å²) in [5.74, 6) is 1.92. The van der Waals surface area contributed by atoms with Gasteiger partial charge >= 0.3 is 0 Å². The van der Waals surface area contributed by atoms with Gasteiger partial charge < -0.3 is 15.0 Å². The summed E-state index contributed by atoms with van der Waals surface area (Å²) in [6, 6.07) is 15.8. The first kappa shape index (κ1) is 21.8. The number of unbranched alkanes of at least 4 members (excludes halogenated alkanes) is 1. The molecule has 31 heavy (non-hydrogen) atoms. The van der Waals surface area contributed by atoms with E-state index in [0.717, 1.165) is 59.6 Å². The number of hydrogen-bond donors (Lipinski definition) is 1. The lowest BCUT2D eigenvalue weighted by Crippen LogP contribution is -2.38. The molecule has 1 saturated heterocycles. The van der Waals surface area contributed by atoms with Gasteiger partial charge in [-0.3, -0.25) is 9.78 Å². The Balaban J connectivity index is 1.34. The lowest BCUT2D eigenvalue weighted by Gasteiger charge is -2.35. The summed E-state index contributed by atoms with van der Waals surface area (Å²) in [6.07, 6.45) is 4.31. The van der Waals surface area contributed by atoms with Gasteiger partial charge in [0.15, 0.2) is 0 Å². The Kier molecular flexibility index (Phi) is 7.20. The van der Waals surface area contributed by atoms with E-state index in [9.17, 15) is 4.79 Å². The topological polar surface area (TPSA) is 54.5 Å². The van der Waals surface area contributed by atoms with Gasteiger partial charge in [-0.2, -0.15) is 0 Å². The molecular formula is C24H26ClN3O2S. The number of carbonyl (C=O) groups is 1. The zero-order valence-electron chi connectivity index (χ0n) is 17.5. The second kappa shape index (κ2) is 10.2. The lowest BCUT2D eigenvalue weighted by atomic mass is 10.1. The van der Waals surface area contributed by atoms with Crippen LogP contribution in [0.1, 0.15) is 30.2 Å². The van der Waals surface area contributed by atoms with Crippen LogP contribution in [0, 0.1) is 0 Å². The first-order valence-electron chi connectivity index (χ1n) is 10.5. The van der Waals surface area contributed by atoms with Crippen molar-refractivity contribution < 1.29 is 9.53 Å². The average molecular weight is 456 g/mol. The van der Waals surface area contributed by atoms with Gasteiger partial charge in [0.25, 0.3) is 0 Å². The largest absolute Gasteiger partial charge is 0.497 e. The van der Waals surface area contributed by atoms with Crippen molar-refractivity contribution in [2.45, 2.75) is 24.6 Å². The van der Waals surface area contributed by atoms with E-state index in [1.807, 2.05) is 59.1 Å². The Morgan fingerprint density at radius 2 is 2.13 bits per heavy atom. The number of halogens is 1. The van der Waals surface area contributed by atoms with Crippen LogP contribution >= 0.6 is 23.4 Å². The van der Waals surface area contributed by atoms with Crippen molar-refractivity contribution in [2.75, 3.05) is 31.3 Å². The molecule has 0 aliphatic carbocycles. The number of amides is 1. The maximum absolute atomic E-state index is 12.6. The fourth-order valence-corrected chi connectivity index (χ4v) is 5.27. The Hall–Kier alpha value is -2.44. The van der Waals surface area contributed by atoms with Gasteiger partial charge in [0.1, 0.15) is 11.1 Å². The fourth-order valence-electron chi connectivity index (χ4n) is 3.84. The Morgan fingerprint density at radius 1 is 1.23 bits per heavy atom. The molecule has 3 aromatic rings. The summed E-state index contributed by atoms with van der Waals surface area (Å²) in [6.45, 7) is 1.59. The molecule has 1 aliphatic rings. The maximum Gasteiger partial charge on any atom is 0.224 e. The van der Waals surface area contributed by atoms with E-state index in [-0.39, 0.29) is 11.3 Å².